The SMILES string of the molecule is CO[C@]1(C)C[C@H](NC(=O)[C@H](C(C)C)N2CCCS2(=O)=O)C1(C)C. The highest BCUT2D eigenvalue weighted by atomic mass is 32.2. The largest absolute Gasteiger partial charge is 0.378 e. The summed E-state index contributed by atoms with van der Waals surface area (Å²) in [6.45, 7) is 10.4. The minimum Gasteiger partial charge on any atom is -0.378 e. The molecule has 1 amide bonds. The summed E-state index contributed by atoms with van der Waals surface area (Å²) in [5, 5.41) is 3.07. The molecule has 0 aromatic rings. The van der Waals surface area contributed by atoms with Crippen molar-refractivity contribution in [1.29, 1.82) is 0 Å². The number of amides is 1. The molecule has 1 saturated carbocycles. The minimum absolute atomic E-state index is 0.00786. The molecule has 0 aromatic carbocycles. The van der Waals surface area contributed by atoms with Crippen molar-refractivity contribution in [2.24, 2.45) is 11.3 Å². The van der Waals surface area contributed by atoms with Crippen molar-refractivity contribution in [3.8, 4) is 0 Å². The number of rotatable bonds is 5. The Morgan fingerprint density at radius 3 is 2.30 bits per heavy atom. The van der Waals surface area contributed by atoms with Gasteiger partial charge in [0.25, 0.3) is 0 Å². The second-order valence-electron chi connectivity index (χ2n) is 7.89. The average molecular weight is 346 g/mol. The van der Waals surface area contributed by atoms with E-state index in [-0.39, 0.29) is 34.6 Å². The van der Waals surface area contributed by atoms with Gasteiger partial charge in [0.2, 0.25) is 15.9 Å². The van der Waals surface area contributed by atoms with Crippen LogP contribution >= 0.6 is 0 Å². The molecule has 0 radical (unpaired) electrons. The molecule has 0 bridgehead atoms. The average Bonchev–Trinajstić information content (AvgIpc) is 2.77. The lowest BCUT2D eigenvalue weighted by Crippen LogP contribution is -2.70. The van der Waals surface area contributed by atoms with Crippen molar-refractivity contribution in [3.63, 3.8) is 0 Å². The standard InChI is InChI=1S/C16H30N2O4S/c1-11(2)13(18-8-7-9-23(18,20)21)14(19)17-12-10-16(5,22-6)15(12,3)4/h11-13H,7-10H2,1-6H3,(H,17,19)/t12-,13-,16+/m0/s1. The number of methoxy groups -OCH3 is 1. The zero-order valence-electron chi connectivity index (χ0n) is 15.0. The van der Waals surface area contributed by atoms with Gasteiger partial charge in [0.1, 0.15) is 6.04 Å². The second kappa shape index (κ2) is 6.01. The van der Waals surface area contributed by atoms with E-state index < -0.39 is 16.1 Å². The Balaban J connectivity index is 2.12. The quantitative estimate of drug-likeness (QED) is 0.816. The molecule has 0 aromatic heterocycles. The number of nitrogens with zero attached hydrogens (tertiary/aromatic N) is 1. The lowest BCUT2D eigenvalue weighted by Gasteiger charge is -2.59. The monoisotopic (exact) mass is 346 g/mol. The third-order valence-corrected chi connectivity index (χ3v) is 7.87. The van der Waals surface area contributed by atoms with Crippen molar-refractivity contribution in [2.45, 2.75) is 65.1 Å². The van der Waals surface area contributed by atoms with Gasteiger partial charge in [-0.15, -0.1) is 0 Å². The van der Waals surface area contributed by atoms with E-state index >= 15 is 0 Å². The third-order valence-electron chi connectivity index (χ3n) is 5.94. The second-order valence-corrected chi connectivity index (χ2v) is 9.93. The fraction of sp³-hybridized carbons (Fsp3) is 0.938. The molecule has 6 nitrogen and oxygen atoms in total. The highest BCUT2D eigenvalue weighted by Gasteiger charge is 2.58. The van der Waals surface area contributed by atoms with Crippen LogP contribution in [0.1, 0.15) is 47.5 Å². The van der Waals surface area contributed by atoms with Crippen LogP contribution < -0.4 is 5.32 Å². The van der Waals surface area contributed by atoms with Crippen molar-refractivity contribution in [1.82, 2.24) is 9.62 Å². The van der Waals surface area contributed by atoms with Gasteiger partial charge in [-0.25, -0.2) is 8.42 Å². The number of carbonyl (C=O) groups is 1. The minimum atomic E-state index is -3.31. The van der Waals surface area contributed by atoms with Crippen molar-refractivity contribution < 1.29 is 17.9 Å². The Hall–Kier alpha value is -0.660. The fourth-order valence-corrected chi connectivity index (χ4v) is 5.54. The maximum absolute atomic E-state index is 12.8. The summed E-state index contributed by atoms with van der Waals surface area (Å²) in [5.41, 5.74) is -0.458. The van der Waals surface area contributed by atoms with Crippen LogP contribution in [-0.4, -0.2) is 55.7 Å². The lowest BCUT2D eigenvalue weighted by atomic mass is 9.55. The van der Waals surface area contributed by atoms with Gasteiger partial charge in [-0.2, -0.15) is 4.31 Å². The molecule has 1 saturated heterocycles. The predicted molar refractivity (Wildman–Crippen MR) is 89.5 cm³/mol. The van der Waals surface area contributed by atoms with Gasteiger partial charge in [-0.1, -0.05) is 27.7 Å². The van der Waals surface area contributed by atoms with E-state index in [0.29, 0.717) is 13.0 Å². The zero-order chi connectivity index (χ0) is 17.6. The van der Waals surface area contributed by atoms with Crippen LogP contribution in [0.3, 0.4) is 0 Å². The summed E-state index contributed by atoms with van der Waals surface area (Å²) in [6, 6.07) is -0.640. The molecular weight excluding hydrogens is 316 g/mol. The van der Waals surface area contributed by atoms with Crippen LogP contribution in [0.25, 0.3) is 0 Å². The molecule has 23 heavy (non-hydrogen) atoms. The molecular formula is C16H30N2O4S. The number of nitrogens with one attached hydrogen (secondary N) is 1. The first-order valence-corrected chi connectivity index (χ1v) is 9.92. The van der Waals surface area contributed by atoms with E-state index in [9.17, 15) is 13.2 Å². The molecule has 3 atom stereocenters. The van der Waals surface area contributed by atoms with Crippen molar-refractivity contribution in [3.05, 3.63) is 0 Å². The Morgan fingerprint density at radius 1 is 1.30 bits per heavy atom. The Morgan fingerprint density at radius 2 is 1.91 bits per heavy atom. The first kappa shape index (κ1) is 18.7. The summed E-state index contributed by atoms with van der Waals surface area (Å²) in [5.74, 6) is -0.123. The van der Waals surface area contributed by atoms with Crippen LogP contribution in [0.4, 0.5) is 0 Å². The summed E-state index contributed by atoms with van der Waals surface area (Å²) in [4.78, 5) is 12.8. The van der Waals surface area contributed by atoms with Gasteiger partial charge in [-0.05, 0) is 25.7 Å². The predicted octanol–water partition coefficient (Wildman–Crippen LogP) is 1.37. The number of ether oxygens (including phenoxy) is 1. The molecule has 1 heterocycles. The highest BCUT2D eigenvalue weighted by Crippen LogP contribution is 2.51. The van der Waals surface area contributed by atoms with E-state index in [1.165, 1.54) is 4.31 Å². The number of hydrogen-bond donors (Lipinski definition) is 1. The van der Waals surface area contributed by atoms with Gasteiger partial charge in [0, 0.05) is 25.1 Å². The van der Waals surface area contributed by atoms with E-state index in [4.69, 9.17) is 4.74 Å². The highest BCUT2D eigenvalue weighted by molar-refractivity contribution is 7.89. The molecule has 1 aliphatic carbocycles. The summed E-state index contributed by atoms with van der Waals surface area (Å²) >= 11 is 0. The smallest absolute Gasteiger partial charge is 0.238 e. The molecule has 2 rings (SSSR count). The lowest BCUT2D eigenvalue weighted by molar-refractivity contribution is -0.183. The molecule has 2 aliphatic rings. The van der Waals surface area contributed by atoms with Gasteiger partial charge in [0.05, 0.1) is 11.4 Å². The molecule has 1 aliphatic heterocycles. The first-order valence-electron chi connectivity index (χ1n) is 8.31. The summed E-state index contributed by atoms with van der Waals surface area (Å²) in [6.07, 6.45) is 1.33. The Labute approximate surface area is 140 Å². The maximum atomic E-state index is 12.8. The number of hydrogen-bond acceptors (Lipinski definition) is 4. The maximum Gasteiger partial charge on any atom is 0.238 e. The molecule has 7 heteroatoms. The van der Waals surface area contributed by atoms with E-state index in [0.717, 1.165) is 6.42 Å². The van der Waals surface area contributed by atoms with Crippen LogP contribution in [0.5, 0.6) is 0 Å². The zero-order valence-corrected chi connectivity index (χ0v) is 15.9. The molecule has 0 spiro atoms. The van der Waals surface area contributed by atoms with E-state index in [1.54, 1.807) is 7.11 Å². The Kier molecular flexibility index (Phi) is 4.88. The fourth-order valence-electron chi connectivity index (χ4n) is 3.72. The van der Waals surface area contributed by atoms with Crippen molar-refractivity contribution >= 4 is 15.9 Å². The van der Waals surface area contributed by atoms with Gasteiger partial charge in [-0.3, -0.25) is 4.79 Å². The number of sulfonamides is 1. The van der Waals surface area contributed by atoms with Crippen LogP contribution in [0.15, 0.2) is 0 Å². The number of carbonyl (C=O) groups excluding carboxylic acids is 1. The van der Waals surface area contributed by atoms with Crippen molar-refractivity contribution in [2.75, 3.05) is 19.4 Å². The van der Waals surface area contributed by atoms with Gasteiger partial charge >= 0.3 is 0 Å². The molecule has 134 valence electrons. The Bertz CT molecular complexity index is 573. The summed E-state index contributed by atoms with van der Waals surface area (Å²) in [7, 11) is -1.62. The molecule has 2 fully saturated rings. The first-order chi connectivity index (χ1) is 10.5. The van der Waals surface area contributed by atoms with E-state index in [1.807, 2.05) is 20.8 Å². The molecule has 1 N–H and O–H groups in total. The molecule has 0 unspecified atom stereocenters. The van der Waals surface area contributed by atoms with E-state index in [2.05, 4.69) is 19.2 Å². The third kappa shape index (κ3) is 3.03. The van der Waals surface area contributed by atoms with Gasteiger partial charge < -0.3 is 10.1 Å². The normalized spacial score (nSPS) is 34.1. The van der Waals surface area contributed by atoms with Crippen LogP contribution in [0.2, 0.25) is 0 Å². The topological polar surface area (TPSA) is 75.7 Å². The van der Waals surface area contributed by atoms with Crippen LogP contribution in [0, 0.1) is 11.3 Å². The van der Waals surface area contributed by atoms with Crippen LogP contribution in [-0.2, 0) is 19.6 Å². The summed E-state index contributed by atoms with van der Waals surface area (Å²) < 4.78 is 31.3. The van der Waals surface area contributed by atoms with Gasteiger partial charge in [0.15, 0.2) is 0 Å².